The molecule has 1 aliphatic rings. The summed E-state index contributed by atoms with van der Waals surface area (Å²) in [4.78, 5) is 2.59. The second-order valence-corrected chi connectivity index (χ2v) is 6.07. The minimum atomic E-state index is 0.547. The van der Waals surface area contributed by atoms with E-state index in [4.69, 9.17) is 4.74 Å². The van der Waals surface area contributed by atoms with Gasteiger partial charge in [-0.1, -0.05) is 26.8 Å². The van der Waals surface area contributed by atoms with Crippen LogP contribution in [0.5, 0.6) is 5.75 Å². The van der Waals surface area contributed by atoms with Crippen molar-refractivity contribution < 1.29 is 4.74 Å². The van der Waals surface area contributed by atoms with Gasteiger partial charge >= 0.3 is 0 Å². The van der Waals surface area contributed by atoms with Crippen LogP contribution in [0.25, 0.3) is 0 Å². The van der Waals surface area contributed by atoms with Crippen LogP contribution < -0.4 is 10.1 Å². The van der Waals surface area contributed by atoms with Crippen LogP contribution in [0.3, 0.4) is 0 Å². The van der Waals surface area contributed by atoms with E-state index in [9.17, 15) is 0 Å². The van der Waals surface area contributed by atoms with Gasteiger partial charge in [-0.3, -0.25) is 4.90 Å². The summed E-state index contributed by atoms with van der Waals surface area (Å²) in [6.07, 6.45) is 3.49. The van der Waals surface area contributed by atoms with Gasteiger partial charge in [-0.05, 0) is 56.5 Å². The van der Waals surface area contributed by atoms with E-state index in [0.717, 1.165) is 44.8 Å². The molecule has 0 amide bonds. The van der Waals surface area contributed by atoms with Crippen LogP contribution in [-0.2, 0) is 13.0 Å². The number of likely N-dealkylation sites (N-methyl/N-ethyl adjacent to an activating group) is 1. The van der Waals surface area contributed by atoms with E-state index in [1.165, 1.54) is 29.7 Å². The van der Waals surface area contributed by atoms with Gasteiger partial charge in [-0.2, -0.15) is 0 Å². The molecule has 1 aromatic carbocycles. The van der Waals surface area contributed by atoms with Crippen LogP contribution in [-0.4, -0.2) is 31.1 Å². The van der Waals surface area contributed by atoms with Crippen LogP contribution in [0, 0.1) is 0 Å². The number of fused-ring (bicyclic) bond motifs is 1. The first-order chi connectivity index (χ1) is 10.7. The van der Waals surface area contributed by atoms with Crippen molar-refractivity contribution >= 4 is 0 Å². The number of rotatable bonds is 8. The van der Waals surface area contributed by atoms with Crippen molar-refractivity contribution in [2.75, 3.05) is 26.2 Å². The molecule has 1 atom stereocenters. The molecule has 124 valence electrons. The molecular formula is C19H32N2O. The van der Waals surface area contributed by atoms with Gasteiger partial charge in [0.2, 0.25) is 0 Å². The van der Waals surface area contributed by atoms with Crippen LogP contribution in [0.4, 0.5) is 0 Å². The highest BCUT2D eigenvalue weighted by Gasteiger charge is 2.26. The average molecular weight is 304 g/mol. The average Bonchev–Trinajstić information content (AvgIpc) is 2.54. The molecule has 1 N–H and O–H groups in total. The maximum Gasteiger partial charge on any atom is 0.124 e. The molecule has 2 rings (SSSR count). The molecule has 0 saturated heterocycles. The Morgan fingerprint density at radius 1 is 1.23 bits per heavy atom. The largest absolute Gasteiger partial charge is 0.494 e. The summed E-state index contributed by atoms with van der Waals surface area (Å²) in [6.45, 7) is 13.8. The van der Waals surface area contributed by atoms with E-state index in [1.807, 2.05) is 0 Å². The molecule has 1 unspecified atom stereocenters. The molecule has 0 radical (unpaired) electrons. The first-order valence-corrected chi connectivity index (χ1v) is 8.98. The van der Waals surface area contributed by atoms with Gasteiger partial charge in [0, 0.05) is 24.7 Å². The van der Waals surface area contributed by atoms with E-state index in [1.54, 1.807) is 0 Å². The Bertz CT molecular complexity index is 473. The molecule has 0 spiro atoms. The molecule has 3 nitrogen and oxygen atoms in total. The number of hydrogen-bond acceptors (Lipinski definition) is 3. The highest BCUT2D eigenvalue weighted by Crippen LogP contribution is 2.36. The van der Waals surface area contributed by atoms with Gasteiger partial charge in [0.1, 0.15) is 5.75 Å². The lowest BCUT2D eigenvalue weighted by Gasteiger charge is -2.37. The van der Waals surface area contributed by atoms with Gasteiger partial charge < -0.3 is 10.1 Å². The monoisotopic (exact) mass is 304 g/mol. The first-order valence-electron chi connectivity index (χ1n) is 8.98. The van der Waals surface area contributed by atoms with Gasteiger partial charge in [0.25, 0.3) is 0 Å². The van der Waals surface area contributed by atoms with Crippen LogP contribution in [0.1, 0.15) is 63.3 Å². The third kappa shape index (κ3) is 3.82. The maximum absolute atomic E-state index is 5.94. The molecule has 0 aliphatic carbocycles. The zero-order valence-corrected chi connectivity index (χ0v) is 14.7. The molecule has 0 fully saturated rings. The smallest absolute Gasteiger partial charge is 0.124 e. The van der Waals surface area contributed by atoms with Crippen LogP contribution in [0.2, 0.25) is 0 Å². The third-order valence-corrected chi connectivity index (χ3v) is 4.63. The van der Waals surface area contributed by atoms with Crippen molar-refractivity contribution in [2.45, 2.75) is 59.5 Å². The summed E-state index contributed by atoms with van der Waals surface area (Å²) in [5.74, 6) is 1.07. The Morgan fingerprint density at radius 2 is 2.05 bits per heavy atom. The summed E-state index contributed by atoms with van der Waals surface area (Å²) in [7, 11) is 0. The molecule has 1 aromatic rings. The molecular weight excluding hydrogens is 272 g/mol. The Kier molecular flexibility index (Phi) is 6.71. The fraction of sp³-hybridized carbons (Fsp3) is 0.684. The Hall–Kier alpha value is -1.06. The van der Waals surface area contributed by atoms with Crippen LogP contribution in [0.15, 0.2) is 12.1 Å². The molecule has 22 heavy (non-hydrogen) atoms. The summed E-state index contributed by atoms with van der Waals surface area (Å²) in [6, 6.07) is 5.25. The van der Waals surface area contributed by atoms with E-state index in [-0.39, 0.29) is 0 Å². The highest BCUT2D eigenvalue weighted by atomic mass is 16.5. The van der Waals surface area contributed by atoms with Crippen molar-refractivity contribution in [3.05, 3.63) is 28.8 Å². The summed E-state index contributed by atoms with van der Waals surface area (Å²) >= 11 is 0. The lowest BCUT2D eigenvalue weighted by molar-refractivity contribution is 0.189. The SMILES string of the molecule is CCCNCc1cc2c(cc1OCC)C(CC)N(CC)CC2. The zero-order valence-electron chi connectivity index (χ0n) is 14.7. The molecule has 0 saturated carbocycles. The van der Waals surface area contributed by atoms with Gasteiger partial charge in [0.15, 0.2) is 0 Å². The van der Waals surface area contributed by atoms with Crippen molar-refractivity contribution in [3.63, 3.8) is 0 Å². The number of nitrogens with one attached hydrogen (secondary N) is 1. The van der Waals surface area contributed by atoms with Crippen molar-refractivity contribution in [2.24, 2.45) is 0 Å². The lowest BCUT2D eigenvalue weighted by Crippen LogP contribution is -2.35. The normalized spacial score (nSPS) is 18.3. The molecule has 1 aliphatic heterocycles. The summed E-state index contributed by atoms with van der Waals surface area (Å²) in [5, 5.41) is 3.51. The summed E-state index contributed by atoms with van der Waals surface area (Å²) < 4.78 is 5.94. The van der Waals surface area contributed by atoms with E-state index >= 15 is 0 Å². The van der Waals surface area contributed by atoms with Crippen molar-refractivity contribution in [1.29, 1.82) is 0 Å². The van der Waals surface area contributed by atoms with Gasteiger partial charge in [-0.25, -0.2) is 0 Å². The zero-order chi connectivity index (χ0) is 15.9. The second-order valence-electron chi connectivity index (χ2n) is 6.07. The fourth-order valence-corrected chi connectivity index (χ4v) is 3.52. The molecule has 0 bridgehead atoms. The number of benzene rings is 1. The minimum absolute atomic E-state index is 0.547. The van der Waals surface area contributed by atoms with E-state index < -0.39 is 0 Å². The van der Waals surface area contributed by atoms with Crippen molar-refractivity contribution in [1.82, 2.24) is 10.2 Å². The van der Waals surface area contributed by atoms with Crippen LogP contribution >= 0.6 is 0 Å². The van der Waals surface area contributed by atoms with Gasteiger partial charge in [-0.15, -0.1) is 0 Å². The molecule has 0 aromatic heterocycles. The molecule has 1 heterocycles. The fourth-order valence-electron chi connectivity index (χ4n) is 3.52. The minimum Gasteiger partial charge on any atom is -0.494 e. The Labute approximate surface area is 136 Å². The van der Waals surface area contributed by atoms with E-state index in [0.29, 0.717) is 6.04 Å². The molecule has 3 heteroatoms. The number of nitrogens with zero attached hydrogens (tertiary/aromatic N) is 1. The highest BCUT2D eigenvalue weighted by molar-refractivity contribution is 5.45. The standard InChI is InChI=1S/C19H32N2O/c1-5-10-20-14-16-12-15-9-11-21(7-3)18(6-2)17(15)13-19(16)22-8-4/h12-13,18,20H,5-11,14H2,1-4H3. The number of ether oxygens (including phenoxy) is 1. The van der Waals surface area contributed by atoms with Gasteiger partial charge in [0.05, 0.1) is 6.61 Å². The predicted molar refractivity (Wildman–Crippen MR) is 93.6 cm³/mol. The topological polar surface area (TPSA) is 24.5 Å². The quantitative estimate of drug-likeness (QED) is 0.737. The predicted octanol–water partition coefficient (Wildman–Crippen LogP) is 3.91. The Balaban J connectivity index is 2.31. The maximum atomic E-state index is 5.94. The van der Waals surface area contributed by atoms with E-state index in [2.05, 4.69) is 50.0 Å². The Morgan fingerprint density at radius 3 is 2.68 bits per heavy atom. The third-order valence-electron chi connectivity index (χ3n) is 4.63. The lowest BCUT2D eigenvalue weighted by atomic mass is 9.89. The summed E-state index contributed by atoms with van der Waals surface area (Å²) in [5.41, 5.74) is 4.32. The second kappa shape index (κ2) is 8.54. The first kappa shape index (κ1) is 17.3. The number of hydrogen-bond donors (Lipinski definition) is 1. The van der Waals surface area contributed by atoms with Crippen molar-refractivity contribution in [3.8, 4) is 5.75 Å².